The Hall–Kier alpha value is 0.01000. The van der Waals surface area contributed by atoms with E-state index in [1.54, 1.807) is 0 Å². The van der Waals surface area contributed by atoms with Crippen molar-refractivity contribution < 1.29 is 4.74 Å². The van der Waals surface area contributed by atoms with Crippen molar-refractivity contribution in [1.82, 2.24) is 4.98 Å². The summed E-state index contributed by atoms with van der Waals surface area (Å²) in [4.78, 5) is 4.02. The van der Waals surface area contributed by atoms with Gasteiger partial charge in [-0.3, -0.25) is 0 Å². The maximum atomic E-state index is 5.98. The van der Waals surface area contributed by atoms with Gasteiger partial charge in [-0.2, -0.15) is 0 Å². The van der Waals surface area contributed by atoms with Crippen LogP contribution in [0.3, 0.4) is 0 Å². The van der Waals surface area contributed by atoms with Gasteiger partial charge in [0, 0.05) is 0 Å². The molecule has 76 valence electrons. The van der Waals surface area contributed by atoms with E-state index in [0.717, 1.165) is 0 Å². The smallest absolute Gasteiger partial charge is 0.233 e. The van der Waals surface area contributed by atoms with Crippen molar-refractivity contribution >= 4 is 39.1 Å². The summed E-state index contributed by atoms with van der Waals surface area (Å²) in [7, 11) is 0. The van der Waals surface area contributed by atoms with Crippen LogP contribution in [0.15, 0.2) is 10.7 Å². The highest BCUT2D eigenvalue weighted by Gasteiger charge is 2.23. The number of nitrogens with zero attached hydrogens (tertiary/aromatic N) is 1. The van der Waals surface area contributed by atoms with Gasteiger partial charge in [-0.25, -0.2) is 4.98 Å². The van der Waals surface area contributed by atoms with Gasteiger partial charge in [-0.05, 0) is 34.7 Å². The summed E-state index contributed by atoms with van der Waals surface area (Å²) in [6.07, 6.45) is 4.01. The Balaban J connectivity index is 2.11. The molecule has 0 spiro atoms. The van der Waals surface area contributed by atoms with Crippen molar-refractivity contribution in [3.05, 3.63) is 20.7 Å². The van der Waals surface area contributed by atoms with Crippen LogP contribution in [0.25, 0.3) is 0 Å². The molecule has 0 aromatic carbocycles. The predicted octanol–water partition coefficient (Wildman–Crippen LogP) is 3.94. The van der Waals surface area contributed by atoms with Crippen molar-refractivity contribution in [2.24, 2.45) is 5.92 Å². The number of rotatable bonds is 3. The van der Waals surface area contributed by atoms with Crippen LogP contribution in [-0.2, 0) is 0 Å². The van der Waals surface area contributed by atoms with Crippen molar-refractivity contribution in [2.45, 2.75) is 12.8 Å². The lowest BCUT2D eigenvalue weighted by atomic mass is 10.4. The number of halogens is 3. The summed E-state index contributed by atoms with van der Waals surface area (Å²) in [5.74, 6) is 1.14. The molecule has 1 saturated carbocycles. The topological polar surface area (TPSA) is 22.1 Å². The Labute approximate surface area is 101 Å². The van der Waals surface area contributed by atoms with Crippen LogP contribution < -0.4 is 4.74 Å². The highest BCUT2D eigenvalue weighted by Crippen LogP contribution is 2.36. The third kappa shape index (κ3) is 2.33. The second-order valence-corrected chi connectivity index (χ2v) is 4.87. The largest absolute Gasteiger partial charge is 0.476 e. The Morgan fingerprint density at radius 2 is 2.21 bits per heavy atom. The first-order chi connectivity index (χ1) is 6.68. The molecule has 1 fully saturated rings. The van der Waals surface area contributed by atoms with Gasteiger partial charge in [0.2, 0.25) is 5.88 Å². The molecule has 0 saturated heterocycles. The number of ether oxygens (including phenoxy) is 1. The molecule has 0 bridgehead atoms. The predicted molar refractivity (Wildman–Crippen MR) is 60.2 cm³/mol. The molecule has 2 rings (SSSR count). The zero-order valence-corrected chi connectivity index (χ0v) is 10.4. The van der Waals surface area contributed by atoms with E-state index in [0.29, 0.717) is 32.9 Å². The molecule has 1 heterocycles. The van der Waals surface area contributed by atoms with Crippen LogP contribution >= 0.6 is 39.1 Å². The van der Waals surface area contributed by atoms with Crippen molar-refractivity contribution in [3.63, 3.8) is 0 Å². The summed E-state index contributed by atoms with van der Waals surface area (Å²) in [5, 5.41) is 0.937. The lowest BCUT2D eigenvalue weighted by Crippen LogP contribution is -2.01. The molecule has 0 unspecified atom stereocenters. The average Bonchev–Trinajstić information content (AvgIpc) is 2.97. The minimum atomic E-state index is 0.443. The fraction of sp³-hybridized carbons (Fsp3) is 0.444. The fourth-order valence-corrected chi connectivity index (χ4v) is 1.68. The molecule has 1 aromatic rings. The van der Waals surface area contributed by atoms with Crippen LogP contribution in [-0.4, -0.2) is 11.6 Å². The molecule has 0 atom stereocenters. The van der Waals surface area contributed by atoms with Gasteiger partial charge >= 0.3 is 0 Å². The van der Waals surface area contributed by atoms with Crippen molar-refractivity contribution in [1.29, 1.82) is 0 Å². The molecule has 1 aromatic heterocycles. The number of hydrogen-bond acceptors (Lipinski definition) is 2. The van der Waals surface area contributed by atoms with Gasteiger partial charge in [-0.1, -0.05) is 23.2 Å². The summed E-state index contributed by atoms with van der Waals surface area (Å²) < 4.78 is 6.11. The molecule has 2 nitrogen and oxygen atoms in total. The molecule has 0 N–H and O–H groups in total. The van der Waals surface area contributed by atoms with E-state index in [9.17, 15) is 0 Å². The van der Waals surface area contributed by atoms with E-state index >= 15 is 0 Å². The highest BCUT2D eigenvalue weighted by atomic mass is 79.9. The van der Waals surface area contributed by atoms with Crippen LogP contribution in [0.2, 0.25) is 10.0 Å². The quantitative estimate of drug-likeness (QED) is 0.843. The lowest BCUT2D eigenvalue weighted by Gasteiger charge is -2.07. The van der Waals surface area contributed by atoms with Crippen molar-refractivity contribution in [3.8, 4) is 5.88 Å². The van der Waals surface area contributed by atoms with Gasteiger partial charge in [0.25, 0.3) is 0 Å². The number of hydrogen-bond donors (Lipinski definition) is 0. The highest BCUT2D eigenvalue weighted by molar-refractivity contribution is 9.10. The molecular formula is C9H8BrCl2NO. The Bertz CT molecular complexity index is 355. The lowest BCUT2D eigenvalue weighted by molar-refractivity contribution is 0.288. The summed E-state index contributed by atoms with van der Waals surface area (Å²) in [5.41, 5.74) is 0. The molecule has 0 aliphatic heterocycles. The first-order valence-electron chi connectivity index (χ1n) is 4.30. The first kappa shape index (κ1) is 10.5. The Morgan fingerprint density at radius 1 is 1.50 bits per heavy atom. The zero-order valence-electron chi connectivity index (χ0n) is 7.27. The number of aromatic nitrogens is 1. The molecule has 0 radical (unpaired) electrons. The Kier molecular flexibility index (Phi) is 3.20. The van der Waals surface area contributed by atoms with Gasteiger partial charge < -0.3 is 4.74 Å². The monoisotopic (exact) mass is 295 g/mol. The molecule has 14 heavy (non-hydrogen) atoms. The Morgan fingerprint density at radius 3 is 2.86 bits per heavy atom. The van der Waals surface area contributed by atoms with Crippen LogP contribution in [0.1, 0.15) is 12.8 Å². The van der Waals surface area contributed by atoms with Crippen molar-refractivity contribution in [2.75, 3.05) is 6.61 Å². The van der Waals surface area contributed by atoms with E-state index in [1.165, 1.54) is 19.0 Å². The van der Waals surface area contributed by atoms with Gasteiger partial charge in [-0.15, -0.1) is 0 Å². The third-order valence-electron chi connectivity index (χ3n) is 2.04. The maximum Gasteiger partial charge on any atom is 0.233 e. The molecule has 1 aliphatic carbocycles. The van der Waals surface area contributed by atoms with Crippen LogP contribution in [0.4, 0.5) is 0 Å². The SMILES string of the molecule is Clc1cnc(OCC2CC2)c(Cl)c1Br. The van der Waals surface area contributed by atoms with E-state index in [4.69, 9.17) is 27.9 Å². The van der Waals surface area contributed by atoms with E-state index < -0.39 is 0 Å². The van der Waals surface area contributed by atoms with Gasteiger partial charge in [0.05, 0.1) is 22.3 Å². The molecular weight excluding hydrogens is 289 g/mol. The van der Waals surface area contributed by atoms with E-state index in [2.05, 4.69) is 20.9 Å². The second-order valence-electron chi connectivity index (χ2n) is 3.29. The first-order valence-corrected chi connectivity index (χ1v) is 5.85. The van der Waals surface area contributed by atoms with Gasteiger partial charge in [0.15, 0.2) is 0 Å². The second kappa shape index (κ2) is 4.25. The fourth-order valence-electron chi connectivity index (χ4n) is 1.01. The third-order valence-corrected chi connectivity index (χ3v) is 3.96. The van der Waals surface area contributed by atoms with E-state index in [-0.39, 0.29) is 0 Å². The normalized spacial score (nSPS) is 15.6. The number of pyridine rings is 1. The summed E-state index contributed by atoms with van der Waals surface area (Å²) in [6.45, 7) is 0.695. The minimum absolute atomic E-state index is 0.443. The van der Waals surface area contributed by atoms with Crippen LogP contribution in [0, 0.1) is 5.92 Å². The van der Waals surface area contributed by atoms with Crippen LogP contribution in [0.5, 0.6) is 5.88 Å². The van der Waals surface area contributed by atoms with Gasteiger partial charge in [0.1, 0.15) is 5.02 Å². The average molecular weight is 297 g/mol. The maximum absolute atomic E-state index is 5.98. The zero-order chi connectivity index (χ0) is 10.1. The summed E-state index contributed by atoms with van der Waals surface area (Å²) in [6, 6.07) is 0. The standard InChI is InChI=1S/C9H8BrCl2NO/c10-7-6(11)3-13-9(8(7)12)14-4-5-1-2-5/h3,5H,1-2,4H2. The molecule has 0 amide bonds. The minimum Gasteiger partial charge on any atom is -0.476 e. The summed E-state index contributed by atoms with van der Waals surface area (Å²) >= 11 is 15.1. The van der Waals surface area contributed by atoms with E-state index in [1.807, 2.05) is 0 Å². The molecule has 1 aliphatic rings. The molecule has 5 heteroatoms.